The van der Waals surface area contributed by atoms with E-state index in [1.165, 1.54) is 11.1 Å². The molecule has 8 nitrogen and oxygen atoms in total. The number of carbonyl (C=O) groups is 3. The van der Waals surface area contributed by atoms with Crippen LogP contribution in [0, 0.1) is 0 Å². The number of amides is 2. The van der Waals surface area contributed by atoms with Gasteiger partial charge in [0.05, 0.1) is 25.7 Å². The lowest BCUT2D eigenvalue weighted by Crippen LogP contribution is -2.49. The van der Waals surface area contributed by atoms with Gasteiger partial charge < -0.3 is 24.8 Å². The van der Waals surface area contributed by atoms with Crippen LogP contribution in [0.15, 0.2) is 48.5 Å². The van der Waals surface area contributed by atoms with Crippen molar-refractivity contribution < 1.29 is 29.0 Å². The molecule has 4 rings (SSSR count). The van der Waals surface area contributed by atoms with E-state index in [0.717, 1.165) is 11.1 Å². The number of hydrogen-bond donors (Lipinski definition) is 2. The van der Waals surface area contributed by atoms with Crippen molar-refractivity contribution in [3.63, 3.8) is 0 Å². The van der Waals surface area contributed by atoms with Gasteiger partial charge in [-0.2, -0.15) is 0 Å². The summed E-state index contributed by atoms with van der Waals surface area (Å²) in [5.41, 5.74) is 4.65. The van der Waals surface area contributed by atoms with E-state index in [9.17, 15) is 14.4 Å². The Hall–Kier alpha value is -3.39. The standard InChI is InChI=1S/C25H28N2O6/c28-23(27-12-13-32-15-17(27)14-24(29)30)10-5-11-26-25(31)33-16-22-20-8-3-1-6-18(20)19-7-2-4-9-21(19)22/h1-4,6-9,17,22H,5,10-16H2,(H,26,31)(H,29,30). The second kappa shape index (κ2) is 10.5. The zero-order valence-electron chi connectivity index (χ0n) is 18.4. The van der Waals surface area contributed by atoms with Crippen molar-refractivity contribution in [1.29, 1.82) is 0 Å². The van der Waals surface area contributed by atoms with Crippen LogP contribution in [0.25, 0.3) is 11.1 Å². The molecule has 33 heavy (non-hydrogen) atoms. The SMILES string of the molecule is O=C(O)CC1COCCN1C(=O)CCCNC(=O)OCC1c2ccccc2-c2ccccc21. The lowest BCUT2D eigenvalue weighted by molar-refractivity contribution is -0.146. The van der Waals surface area contributed by atoms with Crippen molar-refractivity contribution in [2.24, 2.45) is 0 Å². The third-order valence-electron chi connectivity index (χ3n) is 6.14. The smallest absolute Gasteiger partial charge is 0.407 e. The number of benzene rings is 2. The monoisotopic (exact) mass is 452 g/mol. The Morgan fingerprint density at radius 1 is 1.06 bits per heavy atom. The predicted octanol–water partition coefficient (Wildman–Crippen LogP) is 3.01. The Bertz CT molecular complexity index is 978. The van der Waals surface area contributed by atoms with Crippen molar-refractivity contribution in [2.75, 3.05) is 32.9 Å². The number of carboxylic acids is 1. The molecule has 1 atom stereocenters. The van der Waals surface area contributed by atoms with Crippen molar-refractivity contribution >= 4 is 18.0 Å². The Morgan fingerprint density at radius 3 is 2.39 bits per heavy atom. The third kappa shape index (κ3) is 5.34. The number of rotatable bonds is 8. The highest BCUT2D eigenvalue weighted by Crippen LogP contribution is 2.44. The zero-order chi connectivity index (χ0) is 23.2. The summed E-state index contributed by atoms with van der Waals surface area (Å²) in [6.45, 7) is 1.56. The van der Waals surface area contributed by atoms with Gasteiger partial charge in [0.25, 0.3) is 0 Å². The van der Waals surface area contributed by atoms with Crippen molar-refractivity contribution in [3.05, 3.63) is 59.7 Å². The van der Waals surface area contributed by atoms with Crippen LogP contribution < -0.4 is 5.32 Å². The minimum atomic E-state index is -0.958. The molecule has 2 aliphatic rings. The minimum absolute atomic E-state index is 0.00258. The first-order chi connectivity index (χ1) is 16.0. The van der Waals surface area contributed by atoms with Crippen LogP contribution in [0.2, 0.25) is 0 Å². The van der Waals surface area contributed by atoms with Crippen LogP contribution in [0.1, 0.15) is 36.3 Å². The minimum Gasteiger partial charge on any atom is -0.481 e. The molecule has 1 aliphatic heterocycles. The molecule has 2 N–H and O–H groups in total. The molecule has 0 bridgehead atoms. The predicted molar refractivity (Wildman–Crippen MR) is 121 cm³/mol. The Balaban J connectivity index is 1.22. The Morgan fingerprint density at radius 2 is 1.73 bits per heavy atom. The normalized spacial score (nSPS) is 17.2. The number of nitrogens with one attached hydrogen (secondary N) is 1. The highest BCUT2D eigenvalue weighted by Gasteiger charge is 2.30. The van der Waals surface area contributed by atoms with Crippen LogP contribution in [0.3, 0.4) is 0 Å². The number of carbonyl (C=O) groups excluding carboxylic acids is 2. The number of ether oxygens (including phenoxy) is 2. The average Bonchev–Trinajstić information content (AvgIpc) is 3.14. The number of fused-ring (bicyclic) bond motifs is 3. The fourth-order valence-electron chi connectivity index (χ4n) is 4.58. The number of hydrogen-bond acceptors (Lipinski definition) is 5. The van der Waals surface area contributed by atoms with Crippen LogP contribution in [0.5, 0.6) is 0 Å². The van der Waals surface area contributed by atoms with Gasteiger partial charge in [0, 0.05) is 25.4 Å². The van der Waals surface area contributed by atoms with Crippen molar-refractivity contribution in [3.8, 4) is 11.1 Å². The van der Waals surface area contributed by atoms with Gasteiger partial charge in [-0.1, -0.05) is 48.5 Å². The van der Waals surface area contributed by atoms with Gasteiger partial charge >= 0.3 is 12.1 Å². The summed E-state index contributed by atoms with van der Waals surface area (Å²) in [7, 11) is 0. The van der Waals surface area contributed by atoms with Crippen LogP contribution in [0.4, 0.5) is 4.79 Å². The highest BCUT2D eigenvalue weighted by atomic mass is 16.5. The van der Waals surface area contributed by atoms with E-state index in [0.29, 0.717) is 26.1 Å². The molecule has 2 aromatic carbocycles. The number of morpholine rings is 1. The molecule has 1 unspecified atom stereocenters. The van der Waals surface area contributed by atoms with Gasteiger partial charge in [-0.25, -0.2) is 4.79 Å². The maximum atomic E-state index is 12.5. The summed E-state index contributed by atoms with van der Waals surface area (Å²) >= 11 is 0. The first-order valence-corrected chi connectivity index (χ1v) is 11.2. The molecule has 1 aliphatic carbocycles. The molecule has 2 aromatic rings. The summed E-state index contributed by atoms with van der Waals surface area (Å²) in [5.74, 6) is -1.09. The molecule has 8 heteroatoms. The number of nitrogens with zero attached hydrogens (tertiary/aromatic N) is 1. The summed E-state index contributed by atoms with van der Waals surface area (Å²) in [6, 6.07) is 15.8. The average molecular weight is 453 g/mol. The summed E-state index contributed by atoms with van der Waals surface area (Å²) in [6.07, 6.45) is 0.0170. The Kier molecular flexibility index (Phi) is 7.24. The molecular formula is C25H28N2O6. The van der Waals surface area contributed by atoms with Crippen LogP contribution >= 0.6 is 0 Å². The largest absolute Gasteiger partial charge is 0.481 e. The van der Waals surface area contributed by atoms with Crippen LogP contribution in [-0.2, 0) is 19.1 Å². The summed E-state index contributed by atoms with van der Waals surface area (Å²) in [5, 5.41) is 11.7. The number of alkyl carbamates (subject to hydrolysis) is 1. The Labute approximate surface area is 192 Å². The topological polar surface area (TPSA) is 105 Å². The van der Waals surface area contributed by atoms with Gasteiger partial charge in [0.1, 0.15) is 6.61 Å². The molecule has 1 saturated heterocycles. The third-order valence-corrected chi connectivity index (χ3v) is 6.14. The lowest BCUT2D eigenvalue weighted by atomic mass is 9.98. The van der Waals surface area contributed by atoms with E-state index >= 15 is 0 Å². The summed E-state index contributed by atoms with van der Waals surface area (Å²) < 4.78 is 10.8. The molecule has 174 valence electrons. The van der Waals surface area contributed by atoms with Gasteiger partial charge in [-0.05, 0) is 28.7 Å². The maximum Gasteiger partial charge on any atom is 0.407 e. The highest BCUT2D eigenvalue weighted by molar-refractivity contribution is 5.79. The van der Waals surface area contributed by atoms with E-state index in [2.05, 4.69) is 29.6 Å². The second-order valence-corrected chi connectivity index (χ2v) is 8.27. The first-order valence-electron chi connectivity index (χ1n) is 11.2. The van der Waals surface area contributed by atoms with E-state index < -0.39 is 18.1 Å². The fraction of sp³-hybridized carbons (Fsp3) is 0.400. The zero-order valence-corrected chi connectivity index (χ0v) is 18.4. The number of carboxylic acid groups (broad SMARTS) is 1. The van der Waals surface area contributed by atoms with Gasteiger partial charge in [-0.15, -0.1) is 0 Å². The van der Waals surface area contributed by atoms with E-state index in [4.69, 9.17) is 14.6 Å². The van der Waals surface area contributed by atoms with E-state index in [1.807, 2.05) is 24.3 Å². The maximum absolute atomic E-state index is 12.5. The molecule has 2 amide bonds. The molecule has 1 fully saturated rings. The van der Waals surface area contributed by atoms with Crippen molar-refractivity contribution in [1.82, 2.24) is 10.2 Å². The van der Waals surface area contributed by atoms with Crippen molar-refractivity contribution in [2.45, 2.75) is 31.2 Å². The van der Waals surface area contributed by atoms with Crippen LogP contribution in [-0.4, -0.2) is 66.9 Å². The lowest BCUT2D eigenvalue weighted by Gasteiger charge is -2.35. The molecule has 0 radical (unpaired) electrons. The molecule has 0 aromatic heterocycles. The number of aliphatic carboxylic acids is 1. The summed E-state index contributed by atoms with van der Waals surface area (Å²) in [4.78, 5) is 37.3. The van der Waals surface area contributed by atoms with Gasteiger partial charge in [-0.3, -0.25) is 9.59 Å². The first kappa shape index (κ1) is 22.8. The van der Waals surface area contributed by atoms with E-state index in [1.54, 1.807) is 4.90 Å². The van der Waals surface area contributed by atoms with E-state index in [-0.39, 0.29) is 37.9 Å². The quantitative estimate of drug-likeness (QED) is 0.597. The van der Waals surface area contributed by atoms with Gasteiger partial charge in [0.15, 0.2) is 0 Å². The fourth-order valence-corrected chi connectivity index (χ4v) is 4.58. The molecule has 0 saturated carbocycles. The molecular weight excluding hydrogens is 424 g/mol. The molecule has 0 spiro atoms. The van der Waals surface area contributed by atoms with Gasteiger partial charge in [0.2, 0.25) is 5.91 Å². The second-order valence-electron chi connectivity index (χ2n) is 8.27. The molecule has 1 heterocycles.